The summed E-state index contributed by atoms with van der Waals surface area (Å²) >= 11 is 0. The number of rotatable bonds is 9. The molecule has 1 amide bonds. The van der Waals surface area contributed by atoms with Gasteiger partial charge in [-0.3, -0.25) is 9.79 Å². The topological polar surface area (TPSA) is 65.5 Å². The Kier molecular flexibility index (Phi) is 8.90. The van der Waals surface area contributed by atoms with Gasteiger partial charge in [0.05, 0.1) is 0 Å². The van der Waals surface area contributed by atoms with Gasteiger partial charge in [0.1, 0.15) is 0 Å². The Morgan fingerprint density at radius 3 is 1.96 bits per heavy atom. The summed E-state index contributed by atoms with van der Waals surface area (Å²) in [7, 11) is 0. The largest absolute Gasteiger partial charge is 0.357 e. The van der Waals surface area contributed by atoms with Crippen LogP contribution in [0, 0.1) is 0 Å². The van der Waals surface area contributed by atoms with Crippen molar-refractivity contribution in [2.24, 2.45) is 4.99 Å². The van der Waals surface area contributed by atoms with E-state index in [2.05, 4.69) is 64.5 Å². The number of hydrogen-bond donors (Lipinski definition) is 3. The molecular weight excluding hydrogens is 336 g/mol. The van der Waals surface area contributed by atoms with E-state index in [9.17, 15) is 4.79 Å². The number of nitrogens with one attached hydrogen (secondary N) is 3. The fraction of sp³-hybridized carbons (Fsp3) is 0.364. The summed E-state index contributed by atoms with van der Waals surface area (Å²) in [5, 5.41) is 9.28. The van der Waals surface area contributed by atoms with Crippen molar-refractivity contribution in [2.75, 3.05) is 26.2 Å². The van der Waals surface area contributed by atoms with E-state index in [-0.39, 0.29) is 5.91 Å². The molecule has 0 fully saturated rings. The number of amides is 1. The van der Waals surface area contributed by atoms with Crippen molar-refractivity contribution in [3.8, 4) is 0 Å². The molecule has 0 bridgehead atoms. The summed E-state index contributed by atoms with van der Waals surface area (Å²) in [6.45, 7) is 6.30. The van der Waals surface area contributed by atoms with Gasteiger partial charge in [-0.05, 0) is 24.5 Å². The van der Waals surface area contributed by atoms with Gasteiger partial charge >= 0.3 is 0 Å². The number of carbonyl (C=O) groups excluding carboxylic acids is 1. The summed E-state index contributed by atoms with van der Waals surface area (Å²) in [5.74, 6) is 1.08. The van der Waals surface area contributed by atoms with Crippen LogP contribution in [0.4, 0.5) is 0 Å². The highest BCUT2D eigenvalue weighted by molar-refractivity contribution is 5.79. The number of nitrogens with zero attached hydrogens (tertiary/aromatic N) is 1. The predicted octanol–water partition coefficient (Wildman–Crippen LogP) is 2.90. The number of hydrogen-bond acceptors (Lipinski definition) is 2. The Morgan fingerprint density at radius 2 is 1.44 bits per heavy atom. The minimum Gasteiger partial charge on any atom is -0.357 e. The molecule has 2 aromatic carbocycles. The molecular formula is C22H30N4O. The lowest BCUT2D eigenvalue weighted by molar-refractivity contribution is -0.118. The zero-order valence-electron chi connectivity index (χ0n) is 16.2. The zero-order valence-corrected chi connectivity index (χ0v) is 16.2. The van der Waals surface area contributed by atoms with Crippen LogP contribution in [0.2, 0.25) is 0 Å². The van der Waals surface area contributed by atoms with E-state index in [4.69, 9.17) is 4.99 Å². The lowest BCUT2D eigenvalue weighted by atomic mass is 9.89. The minimum atomic E-state index is -0.0210. The molecule has 0 heterocycles. The van der Waals surface area contributed by atoms with Crippen LogP contribution in [0.5, 0.6) is 0 Å². The molecule has 27 heavy (non-hydrogen) atoms. The van der Waals surface area contributed by atoms with Crippen LogP contribution < -0.4 is 16.0 Å². The van der Waals surface area contributed by atoms with E-state index in [1.807, 2.05) is 19.1 Å². The molecule has 0 radical (unpaired) electrons. The van der Waals surface area contributed by atoms with Crippen LogP contribution >= 0.6 is 0 Å². The van der Waals surface area contributed by atoms with Gasteiger partial charge in [0.25, 0.3) is 0 Å². The van der Waals surface area contributed by atoms with Gasteiger partial charge in [0, 0.05) is 39.0 Å². The summed E-state index contributed by atoms with van der Waals surface area (Å²) in [4.78, 5) is 15.6. The Morgan fingerprint density at radius 1 is 0.889 bits per heavy atom. The first-order valence-corrected chi connectivity index (χ1v) is 9.57. The number of aliphatic imine (C=N–C) groups is 1. The van der Waals surface area contributed by atoms with Crippen molar-refractivity contribution in [3.05, 3.63) is 71.8 Å². The van der Waals surface area contributed by atoms with E-state index in [0.29, 0.717) is 25.6 Å². The highest BCUT2D eigenvalue weighted by atomic mass is 16.1. The van der Waals surface area contributed by atoms with Gasteiger partial charge in [0.2, 0.25) is 5.91 Å². The maximum Gasteiger partial charge on any atom is 0.216 e. The van der Waals surface area contributed by atoms with Gasteiger partial charge < -0.3 is 16.0 Å². The third kappa shape index (κ3) is 7.52. The maximum atomic E-state index is 10.9. The normalized spacial score (nSPS) is 11.3. The van der Waals surface area contributed by atoms with E-state index in [1.54, 1.807) is 0 Å². The standard InChI is InChI=1S/C22H30N4O/c1-3-23-22(26-17-16-24-18(2)27)25-15-14-21(19-10-6-4-7-11-19)20-12-8-5-9-13-20/h4-13,21H,3,14-17H2,1-2H3,(H,24,27)(H2,23,25,26). The van der Waals surface area contributed by atoms with Crippen molar-refractivity contribution in [1.82, 2.24) is 16.0 Å². The first-order valence-electron chi connectivity index (χ1n) is 9.57. The van der Waals surface area contributed by atoms with E-state index in [1.165, 1.54) is 18.1 Å². The highest BCUT2D eigenvalue weighted by Gasteiger charge is 2.13. The Balaban J connectivity index is 1.99. The van der Waals surface area contributed by atoms with E-state index >= 15 is 0 Å². The highest BCUT2D eigenvalue weighted by Crippen LogP contribution is 2.27. The van der Waals surface area contributed by atoms with Crippen molar-refractivity contribution < 1.29 is 4.79 Å². The van der Waals surface area contributed by atoms with E-state index in [0.717, 1.165) is 18.9 Å². The monoisotopic (exact) mass is 366 g/mol. The molecule has 0 saturated heterocycles. The average molecular weight is 367 g/mol. The fourth-order valence-electron chi connectivity index (χ4n) is 2.96. The minimum absolute atomic E-state index is 0.0210. The molecule has 0 aliphatic rings. The molecule has 0 aromatic heterocycles. The van der Waals surface area contributed by atoms with Gasteiger partial charge in [-0.25, -0.2) is 0 Å². The molecule has 0 aliphatic heterocycles. The first kappa shape index (κ1) is 20.5. The number of guanidine groups is 1. The van der Waals surface area contributed by atoms with Crippen LogP contribution in [0.25, 0.3) is 0 Å². The summed E-state index contributed by atoms with van der Waals surface area (Å²) in [6, 6.07) is 21.2. The Labute approximate surface area is 162 Å². The maximum absolute atomic E-state index is 10.9. The quantitative estimate of drug-likeness (QED) is 0.363. The molecule has 0 atom stereocenters. The molecule has 0 unspecified atom stereocenters. The molecule has 144 valence electrons. The van der Waals surface area contributed by atoms with Crippen LogP contribution in [0.1, 0.15) is 37.3 Å². The molecule has 0 spiro atoms. The van der Waals surface area contributed by atoms with Gasteiger partial charge in [-0.1, -0.05) is 60.7 Å². The second-order valence-corrected chi connectivity index (χ2v) is 6.33. The molecule has 2 rings (SSSR count). The number of carbonyl (C=O) groups is 1. The molecule has 0 saturated carbocycles. The van der Waals surface area contributed by atoms with Crippen molar-refractivity contribution in [2.45, 2.75) is 26.2 Å². The molecule has 5 heteroatoms. The molecule has 2 aromatic rings. The van der Waals surface area contributed by atoms with Crippen LogP contribution in [0.3, 0.4) is 0 Å². The zero-order chi connectivity index (χ0) is 19.3. The third-order valence-electron chi connectivity index (χ3n) is 4.23. The van der Waals surface area contributed by atoms with Crippen LogP contribution in [0.15, 0.2) is 65.7 Å². The van der Waals surface area contributed by atoms with Crippen LogP contribution in [-0.4, -0.2) is 38.0 Å². The Bertz CT molecular complexity index is 661. The first-order chi connectivity index (χ1) is 13.2. The van der Waals surface area contributed by atoms with Crippen LogP contribution in [-0.2, 0) is 4.79 Å². The summed E-state index contributed by atoms with van der Waals surface area (Å²) in [6.07, 6.45) is 0.927. The Hall–Kier alpha value is -2.82. The van der Waals surface area contributed by atoms with Crippen molar-refractivity contribution >= 4 is 11.9 Å². The lowest BCUT2D eigenvalue weighted by Crippen LogP contribution is -2.41. The van der Waals surface area contributed by atoms with Crippen molar-refractivity contribution in [3.63, 3.8) is 0 Å². The second-order valence-electron chi connectivity index (χ2n) is 6.33. The van der Waals surface area contributed by atoms with Gasteiger partial charge in [-0.15, -0.1) is 0 Å². The van der Waals surface area contributed by atoms with E-state index < -0.39 is 0 Å². The van der Waals surface area contributed by atoms with Crippen molar-refractivity contribution in [1.29, 1.82) is 0 Å². The number of benzene rings is 2. The van der Waals surface area contributed by atoms with Gasteiger partial charge in [0.15, 0.2) is 5.96 Å². The summed E-state index contributed by atoms with van der Waals surface area (Å²) in [5.41, 5.74) is 2.62. The third-order valence-corrected chi connectivity index (χ3v) is 4.23. The molecule has 5 nitrogen and oxygen atoms in total. The molecule has 0 aliphatic carbocycles. The SMILES string of the molecule is CCNC(=NCCC(c1ccccc1)c1ccccc1)NCCNC(C)=O. The fourth-order valence-corrected chi connectivity index (χ4v) is 2.96. The summed E-state index contributed by atoms with van der Waals surface area (Å²) < 4.78 is 0. The second kappa shape index (κ2) is 11.7. The average Bonchev–Trinajstić information content (AvgIpc) is 2.69. The van der Waals surface area contributed by atoms with Gasteiger partial charge in [-0.2, -0.15) is 0 Å². The predicted molar refractivity (Wildman–Crippen MR) is 112 cm³/mol. The molecule has 3 N–H and O–H groups in total. The smallest absolute Gasteiger partial charge is 0.216 e. The lowest BCUT2D eigenvalue weighted by Gasteiger charge is -2.18.